The van der Waals surface area contributed by atoms with E-state index >= 15 is 0 Å². The minimum atomic E-state index is -2.83. The van der Waals surface area contributed by atoms with E-state index in [1.807, 2.05) is 38.2 Å². The summed E-state index contributed by atoms with van der Waals surface area (Å²) in [7, 11) is -2.83. The molecule has 180 valence electrons. The number of rotatable bonds is 6. The van der Waals surface area contributed by atoms with E-state index in [4.69, 9.17) is 4.74 Å². The van der Waals surface area contributed by atoms with Gasteiger partial charge in [-0.25, -0.2) is 0 Å². The molecule has 0 radical (unpaired) electrons. The Labute approximate surface area is 204 Å². The lowest BCUT2D eigenvalue weighted by atomic mass is 9.82. The van der Waals surface area contributed by atoms with Crippen molar-refractivity contribution in [2.45, 2.75) is 62.6 Å². The molecule has 1 aromatic carbocycles. The first kappa shape index (κ1) is 24.6. The van der Waals surface area contributed by atoms with Gasteiger partial charge in [-0.05, 0) is 44.1 Å². The van der Waals surface area contributed by atoms with Crippen molar-refractivity contribution < 1.29 is 24.2 Å². The van der Waals surface area contributed by atoms with Gasteiger partial charge in [0.05, 0.1) is 30.9 Å². The highest BCUT2D eigenvalue weighted by Crippen LogP contribution is 2.59. The van der Waals surface area contributed by atoms with Crippen molar-refractivity contribution in [3.63, 3.8) is 0 Å². The highest BCUT2D eigenvalue weighted by atomic mass is 79.9. The molecule has 0 unspecified atom stereocenters. The molecule has 2 N–H and O–H groups in total. The summed E-state index contributed by atoms with van der Waals surface area (Å²) in [4.78, 5) is 41.8. The molecule has 2 amide bonds. The number of hydrogen-bond donors (Lipinski definition) is 2. The second-order valence-corrected chi connectivity index (χ2v) is 14.9. The quantitative estimate of drug-likeness (QED) is 0.430. The minimum Gasteiger partial charge on any atom is -0.432 e. The molecule has 5 atom stereocenters. The number of aliphatic hydroxyl groups is 1. The number of amides is 2. The van der Waals surface area contributed by atoms with E-state index in [0.717, 1.165) is 28.6 Å². The van der Waals surface area contributed by atoms with Crippen LogP contribution < -0.4 is 4.90 Å². The van der Waals surface area contributed by atoms with Gasteiger partial charge >= 0.3 is 0 Å². The number of benzene rings is 1. The van der Waals surface area contributed by atoms with Crippen molar-refractivity contribution in [3.8, 4) is 0 Å². The number of halogens is 1. The number of fused-ring (bicyclic) bond motifs is 2. The maximum absolute atomic E-state index is 13.9. The van der Waals surface area contributed by atoms with Gasteiger partial charge in [0, 0.05) is 34.6 Å². The Morgan fingerprint density at radius 3 is 2.79 bits per heavy atom. The maximum atomic E-state index is 13.9. The predicted octanol–water partition coefficient (Wildman–Crippen LogP) is 3.15. The van der Waals surface area contributed by atoms with Crippen molar-refractivity contribution in [3.05, 3.63) is 40.9 Å². The molecule has 2 fully saturated rings. The first-order valence-corrected chi connectivity index (χ1v) is 15.4. The zero-order valence-electron chi connectivity index (χ0n) is 19.5. The standard InChI is InChI=1S/C24H33BrN2O5Si/c1-5-10-27-19-9-8-16(25)12-18(19)24(23(27)30)15(2)22(33(3,4)31)20(32-24)13-21(29)26-11-6-7-17(26)14-28/h5,8-9,12,15,17,20,22,28,31H,1,6-7,10-11,13-14H2,2-4H3/t15-,17+,20+,22-,24+/m1/s1. The summed E-state index contributed by atoms with van der Waals surface area (Å²) in [5, 5.41) is 9.67. The smallest absolute Gasteiger partial charge is 0.264 e. The molecule has 4 rings (SSSR count). The van der Waals surface area contributed by atoms with Crippen molar-refractivity contribution >= 4 is 41.7 Å². The minimum absolute atomic E-state index is 0.0579. The topological polar surface area (TPSA) is 90.3 Å². The average molecular weight is 538 g/mol. The molecule has 33 heavy (non-hydrogen) atoms. The van der Waals surface area contributed by atoms with E-state index in [1.165, 1.54) is 0 Å². The molecule has 9 heteroatoms. The lowest BCUT2D eigenvalue weighted by Crippen LogP contribution is -2.46. The Kier molecular flexibility index (Phi) is 6.65. The second kappa shape index (κ2) is 8.92. The molecule has 1 aromatic rings. The zero-order chi connectivity index (χ0) is 24.1. The Hall–Kier alpha value is -1.52. The summed E-state index contributed by atoms with van der Waals surface area (Å²) in [6, 6.07) is 5.54. The van der Waals surface area contributed by atoms with Gasteiger partial charge in [-0.15, -0.1) is 6.58 Å². The number of anilines is 1. The van der Waals surface area contributed by atoms with Gasteiger partial charge in [0.1, 0.15) is 0 Å². The summed E-state index contributed by atoms with van der Waals surface area (Å²) < 4.78 is 7.49. The number of ether oxygens (including phenoxy) is 1. The number of carbonyl (C=O) groups excluding carboxylic acids is 2. The third-order valence-corrected chi connectivity index (χ3v) is 10.5. The van der Waals surface area contributed by atoms with Gasteiger partial charge in [-0.2, -0.15) is 0 Å². The van der Waals surface area contributed by atoms with E-state index in [1.54, 1.807) is 15.9 Å². The summed E-state index contributed by atoms with van der Waals surface area (Å²) in [5.74, 6) is -0.577. The summed E-state index contributed by atoms with van der Waals surface area (Å²) in [5.41, 5.74) is -0.0236. The lowest BCUT2D eigenvalue weighted by Gasteiger charge is -2.32. The number of aliphatic hydroxyl groups excluding tert-OH is 1. The Balaban J connectivity index is 1.75. The van der Waals surface area contributed by atoms with Crippen LogP contribution in [0, 0.1) is 5.92 Å². The SMILES string of the molecule is C=CCN1C(=O)[C@@]2(O[C@@H](CC(=O)N3CCC[C@H]3CO)[C@H]([Si](C)(C)O)[C@H]2C)c2cc(Br)ccc21. The van der Waals surface area contributed by atoms with Crippen LogP contribution >= 0.6 is 15.9 Å². The van der Waals surface area contributed by atoms with E-state index < -0.39 is 20.0 Å². The molecule has 0 aromatic heterocycles. The number of carbonyl (C=O) groups is 2. The van der Waals surface area contributed by atoms with Crippen LogP contribution in [-0.2, 0) is 19.9 Å². The molecule has 3 heterocycles. The highest BCUT2D eigenvalue weighted by molar-refractivity contribution is 9.10. The van der Waals surface area contributed by atoms with E-state index in [0.29, 0.717) is 13.1 Å². The molecule has 7 nitrogen and oxygen atoms in total. The van der Waals surface area contributed by atoms with Crippen molar-refractivity contribution in [1.29, 1.82) is 0 Å². The van der Waals surface area contributed by atoms with Gasteiger partial charge < -0.3 is 24.4 Å². The first-order valence-electron chi connectivity index (χ1n) is 11.6. The molecule has 3 aliphatic heterocycles. The highest BCUT2D eigenvalue weighted by Gasteiger charge is 2.66. The van der Waals surface area contributed by atoms with Gasteiger partial charge in [0.2, 0.25) is 5.91 Å². The van der Waals surface area contributed by atoms with Crippen LogP contribution in [0.3, 0.4) is 0 Å². The molecule has 0 bridgehead atoms. The third kappa shape index (κ3) is 3.91. The Bertz CT molecular complexity index is 967. The van der Waals surface area contributed by atoms with Crippen molar-refractivity contribution in [1.82, 2.24) is 4.90 Å². The maximum Gasteiger partial charge on any atom is 0.264 e. The van der Waals surface area contributed by atoms with Crippen LogP contribution in [0.4, 0.5) is 5.69 Å². The van der Waals surface area contributed by atoms with Gasteiger partial charge in [-0.1, -0.05) is 28.9 Å². The van der Waals surface area contributed by atoms with Crippen LogP contribution in [0.2, 0.25) is 18.6 Å². The fourth-order valence-electron chi connectivity index (χ4n) is 6.20. The van der Waals surface area contributed by atoms with Gasteiger partial charge in [0.15, 0.2) is 13.9 Å². The Morgan fingerprint density at radius 1 is 1.42 bits per heavy atom. The summed E-state index contributed by atoms with van der Waals surface area (Å²) in [6.07, 6.45) is 2.84. The Morgan fingerprint density at radius 2 is 2.15 bits per heavy atom. The molecular formula is C24H33BrN2O5Si. The number of nitrogens with zero attached hydrogens (tertiary/aromatic N) is 2. The fourth-order valence-corrected chi connectivity index (χ4v) is 9.12. The fraction of sp³-hybridized carbons (Fsp3) is 0.583. The molecule has 0 saturated carbocycles. The second-order valence-electron chi connectivity index (χ2n) is 10.00. The summed E-state index contributed by atoms with van der Waals surface area (Å²) in [6.45, 7) is 10.4. The van der Waals surface area contributed by atoms with Crippen LogP contribution in [0.5, 0.6) is 0 Å². The molecular weight excluding hydrogens is 504 g/mol. The summed E-state index contributed by atoms with van der Waals surface area (Å²) >= 11 is 3.53. The van der Waals surface area contributed by atoms with Crippen LogP contribution in [0.15, 0.2) is 35.3 Å². The van der Waals surface area contributed by atoms with Gasteiger partial charge in [-0.3, -0.25) is 9.59 Å². The van der Waals surface area contributed by atoms with Crippen LogP contribution in [-0.4, -0.2) is 66.8 Å². The predicted molar refractivity (Wildman–Crippen MR) is 132 cm³/mol. The van der Waals surface area contributed by atoms with Crippen molar-refractivity contribution in [2.75, 3.05) is 24.6 Å². The normalized spacial score (nSPS) is 31.5. The first-order chi connectivity index (χ1) is 15.6. The third-order valence-electron chi connectivity index (χ3n) is 7.54. The van der Waals surface area contributed by atoms with Crippen molar-refractivity contribution in [2.24, 2.45) is 5.92 Å². The number of likely N-dealkylation sites (tertiary alicyclic amines) is 1. The molecule has 0 aliphatic carbocycles. The average Bonchev–Trinajstić information content (AvgIpc) is 3.39. The van der Waals surface area contributed by atoms with Gasteiger partial charge in [0.25, 0.3) is 5.91 Å². The van der Waals surface area contributed by atoms with E-state index in [9.17, 15) is 19.5 Å². The monoisotopic (exact) mass is 536 g/mol. The molecule has 2 saturated heterocycles. The van der Waals surface area contributed by atoms with Crippen LogP contribution in [0.25, 0.3) is 0 Å². The van der Waals surface area contributed by atoms with E-state index in [2.05, 4.69) is 22.5 Å². The largest absolute Gasteiger partial charge is 0.432 e. The van der Waals surface area contributed by atoms with Crippen LogP contribution in [0.1, 0.15) is 31.7 Å². The molecule has 3 aliphatic rings. The lowest BCUT2D eigenvalue weighted by molar-refractivity contribution is -0.150. The van der Waals surface area contributed by atoms with E-state index in [-0.39, 0.29) is 42.3 Å². The number of hydrogen-bond acceptors (Lipinski definition) is 5. The zero-order valence-corrected chi connectivity index (χ0v) is 22.0. The molecule has 1 spiro atoms.